The van der Waals surface area contributed by atoms with Crippen molar-refractivity contribution >= 4 is 21.6 Å². The number of hydrogen-bond donors (Lipinski definition) is 1. The highest BCUT2D eigenvalue weighted by Gasteiger charge is 2.11. The van der Waals surface area contributed by atoms with Gasteiger partial charge in [0, 0.05) is 36.3 Å². The lowest BCUT2D eigenvalue weighted by atomic mass is 10.2. The predicted octanol–water partition coefficient (Wildman–Crippen LogP) is 3.29. The first-order chi connectivity index (χ1) is 8.25. The van der Waals surface area contributed by atoms with Crippen molar-refractivity contribution in [3.05, 3.63) is 40.9 Å². The number of hydrogen-bond acceptors (Lipinski definition) is 2. The van der Waals surface area contributed by atoms with Gasteiger partial charge in [-0.3, -0.25) is 0 Å². The van der Waals surface area contributed by atoms with Crippen molar-refractivity contribution in [3.63, 3.8) is 0 Å². The van der Waals surface area contributed by atoms with Crippen LogP contribution in [-0.2, 0) is 6.54 Å². The standard InChI is InChI=1S/C14H19BrN2/c1-12(15)10-16-11-13-4-6-14(7-5-13)17-8-2-3-9-17/h4-7,16H,1-3,8-11H2. The molecule has 1 N–H and O–H groups in total. The van der Waals surface area contributed by atoms with E-state index in [-0.39, 0.29) is 0 Å². The second-order valence-electron chi connectivity index (χ2n) is 4.48. The topological polar surface area (TPSA) is 15.3 Å². The number of nitrogens with zero attached hydrogens (tertiary/aromatic N) is 1. The van der Waals surface area contributed by atoms with Gasteiger partial charge in [0.1, 0.15) is 0 Å². The molecule has 1 fully saturated rings. The number of rotatable bonds is 5. The largest absolute Gasteiger partial charge is 0.372 e. The quantitative estimate of drug-likeness (QED) is 0.896. The number of anilines is 1. The van der Waals surface area contributed by atoms with Crippen molar-refractivity contribution in [1.82, 2.24) is 5.32 Å². The molecule has 1 aliphatic rings. The molecule has 1 aliphatic heterocycles. The molecular formula is C14H19BrN2. The van der Waals surface area contributed by atoms with E-state index in [0.29, 0.717) is 0 Å². The van der Waals surface area contributed by atoms with Crippen molar-refractivity contribution in [1.29, 1.82) is 0 Å². The fourth-order valence-corrected chi connectivity index (χ4v) is 2.34. The van der Waals surface area contributed by atoms with Gasteiger partial charge in [0.25, 0.3) is 0 Å². The van der Waals surface area contributed by atoms with E-state index in [9.17, 15) is 0 Å². The van der Waals surface area contributed by atoms with Crippen LogP contribution in [0.25, 0.3) is 0 Å². The number of benzene rings is 1. The Balaban J connectivity index is 1.86. The molecule has 0 bridgehead atoms. The van der Waals surface area contributed by atoms with Crippen LogP contribution in [0.1, 0.15) is 18.4 Å². The lowest BCUT2D eigenvalue weighted by Crippen LogP contribution is -2.18. The Bertz CT molecular complexity index is 366. The van der Waals surface area contributed by atoms with Crippen LogP contribution in [0.2, 0.25) is 0 Å². The summed E-state index contributed by atoms with van der Waals surface area (Å²) < 4.78 is 0.992. The lowest BCUT2D eigenvalue weighted by Gasteiger charge is -2.17. The summed E-state index contributed by atoms with van der Waals surface area (Å²) in [5.41, 5.74) is 2.68. The van der Waals surface area contributed by atoms with E-state index in [2.05, 4.69) is 57.0 Å². The average Bonchev–Trinajstić information content (AvgIpc) is 2.83. The first-order valence-corrected chi connectivity index (χ1v) is 6.93. The molecule has 0 unspecified atom stereocenters. The molecular weight excluding hydrogens is 276 g/mol. The van der Waals surface area contributed by atoms with Crippen molar-refractivity contribution in [2.75, 3.05) is 24.5 Å². The Hall–Kier alpha value is -0.800. The summed E-state index contributed by atoms with van der Waals surface area (Å²) in [5, 5.41) is 3.33. The molecule has 2 rings (SSSR count). The van der Waals surface area contributed by atoms with Crippen LogP contribution in [0.4, 0.5) is 5.69 Å². The molecule has 1 heterocycles. The number of halogens is 1. The Morgan fingerprint density at radius 3 is 2.47 bits per heavy atom. The van der Waals surface area contributed by atoms with E-state index in [0.717, 1.165) is 17.6 Å². The van der Waals surface area contributed by atoms with Crippen molar-refractivity contribution in [2.24, 2.45) is 0 Å². The van der Waals surface area contributed by atoms with E-state index in [1.807, 2.05) is 0 Å². The minimum absolute atomic E-state index is 0.813. The third kappa shape index (κ3) is 3.86. The zero-order valence-corrected chi connectivity index (χ0v) is 11.7. The average molecular weight is 295 g/mol. The Kier molecular flexibility index (Phi) is 4.63. The predicted molar refractivity (Wildman–Crippen MR) is 77.7 cm³/mol. The van der Waals surface area contributed by atoms with Crippen LogP contribution in [-0.4, -0.2) is 19.6 Å². The fourth-order valence-electron chi connectivity index (χ4n) is 2.14. The van der Waals surface area contributed by atoms with E-state index in [1.54, 1.807) is 0 Å². The van der Waals surface area contributed by atoms with Crippen LogP contribution in [0.5, 0.6) is 0 Å². The second kappa shape index (κ2) is 6.22. The zero-order valence-electron chi connectivity index (χ0n) is 10.1. The highest BCUT2D eigenvalue weighted by molar-refractivity contribution is 9.11. The highest BCUT2D eigenvalue weighted by atomic mass is 79.9. The molecule has 1 aromatic rings. The van der Waals surface area contributed by atoms with Crippen LogP contribution in [0.3, 0.4) is 0 Å². The van der Waals surface area contributed by atoms with Crippen LogP contribution < -0.4 is 10.2 Å². The Morgan fingerprint density at radius 1 is 1.24 bits per heavy atom. The van der Waals surface area contributed by atoms with E-state index in [4.69, 9.17) is 0 Å². The first kappa shape index (κ1) is 12.7. The summed E-state index contributed by atoms with van der Waals surface area (Å²) >= 11 is 3.34. The molecule has 1 aromatic carbocycles. The minimum Gasteiger partial charge on any atom is -0.372 e. The smallest absolute Gasteiger partial charge is 0.0366 e. The van der Waals surface area contributed by atoms with Gasteiger partial charge in [0.2, 0.25) is 0 Å². The second-order valence-corrected chi connectivity index (χ2v) is 5.60. The van der Waals surface area contributed by atoms with Gasteiger partial charge < -0.3 is 10.2 Å². The van der Waals surface area contributed by atoms with Crippen molar-refractivity contribution in [3.8, 4) is 0 Å². The molecule has 0 radical (unpaired) electrons. The van der Waals surface area contributed by atoms with Crippen LogP contribution >= 0.6 is 15.9 Å². The molecule has 2 nitrogen and oxygen atoms in total. The SMILES string of the molecule is C=C(Br)CNCc1ccc(N2CCCC2)cc1. The van der Waals surface area contributed by atoms with Gasteiger partial charge in [0.05, 0.1) is 0 Å². The molecule has 3 heteroatoms. The Morgan fingerprint density at radius 2 is 1.88 bits per heavy atom. The van der Waals surface area contributed by atoms with Gasteiger partial charge in [-0.2, -0.15) is 0 Å². The van der Waals surface area contributed by atoms with Gasteiger partial charge in [-0.05, 0) is 30.5 Å². The summed E-state index contributed by atoms with van der Waals surface area (Å²) in [6.07, 6.45) is 2.66. The molecule has 92 valence electrons. The monoisotopic (exact) mass is 294 g/mol. The maximum absolute atomic E-state index is 3.80. The third-order valence-electron chi connectivity index (χ3n) is 3.05. The van der Waals surface area contributed by atoms with E-state index < -0.39 is 0 Å². The molecule has 0 aliphatic carbocycles. The first-order valence-electron chi connectivity index (χ1n) is 6.13. The van der Waals surface area contributed by atoms with Gasteiger partial charge in [0.15, 0.2) is 0 Å². The highest BCUT2D eigenvalue weighted by Crippen LogP contribution is 2.20. The molecule has 17 heavy (non-hydrogen) atoms. The summed E-state index contributed by atoms with van der Waals surface area (Å²) in [6.45, 7) is 7.93. The van der Waals surface area contributed by atoms with Crippen LogP contribution in [0, 0.1) is 0 Å². The van der Waals surface area contributed by atoms with Gasteiger partial charge in [-0.1, -0.05) is 34.6 Å². The van der Waals surface area contributed by atoms with Gasteiger partial charge in [-0.25, -0.2) is 0 Å². The summed E-state index contributed by atoms with van der Waals surface area (Å²) in [6, 6.07) is 8.87. The van der Waals surface area contributed by atoms with Gasteiger partial charge >= 0.3 is 0 Å². The Labute approximate surface area is 112 Å². The third-order valence-corrected chi connectivity index (χ3v) is 3.33. The summed E-state index contributed by atoms with van der Waals surface area (Å²) in [7, 11) is 0. The summed E-state index contributed by atoms with van der Waals surface area (Å²) in [4.78, 5) is 2.46. The molecule has 0 saturated carbocycles. The van der Waals surface area contributed by atoms with Crippen LogP contribution in [0.15, 0.2) is 35.3 Å². The maximum Gasteiger partial charge on any atom is 0.0366 e. The van der Waals surface area contributed by atoms with Crippen molar-refractivity contribution in [2.45, 2.75) is 19.4 Å². The van der Waals surface area contributed by atoms with Gasteiger partial charge in [-0.15, -0.1) is 0 Å². The van der Waals surface area contributed by atoms with E-state index in [1.165, 1.54) is 37.2 Å². The fraction of sp³-hybridized carbons (Fsp3) is 0.429. The summed E-state index contributed by atoms with van der Waals surface area (Å²) in [5.74, 6) is 0. The molecule has 0 spiro atoms. The molecule has 0 aromatic heterocycles. The minimum atomic E-state index is 0.813. The maximum atomic E-state index is 3.80. The zero-order chi connectivity index (χ0) is 12.1. The molecule has 0 atom stereocenters. The molecule has 1 saturated heterocycles. The molecule has 0 amide bonds. The number of nitrogens with one attached hydrogen (secondary N) is 1. The van der Waals surface area contributed by atoms with Crippen molar-refractivity contribution < 1.29 is 0 Å². The lowest BCUT2D eigenvalue weighted by molar-refractivity contribution is 0.757. The van der Waals surface area contributed by atoms with E-state index >= 15 is 0 Å². The normalized spacial score (nSPS) is 15.2.